The monoisotopic (exact) mass is 229 g/mol. The summed E-state index contributed by atoms with van der Waals surface area (Å²) in [4.78, 5) is 24.3. The molecule has 0 aromatic heterocycles. The molecule has 0 rings (SSSR count). The second-order valence-corrected chi connectivity index (χ2v) is 4.30. The van der Waals surface area contributed by atoms with Crippen molar-refractivity contribution in [3.8, 4) is 0 Å². The maximum absolute atomic E-state index is 11.9. The summed E-state index contributed by atoms with van der Waals surface area (Å²) in [7, 11) is 0. The molecule has 0 spiro atoms. The molecule has 0 radical (unpaired) electrons. The molecule has 0 aromatic carbocycles. The molecule has 0 bridgehead atoms. The molecule has 5 nitrogen and oxygen atoms in total. The molecule has 0 saturated carbocycles. The predicted octanol–water partition coefficient (Wildman–Crippen LogP) is 0.0837. The van der Waals surface area contributed by atoms with Crippen molar-refractivity contribution < 1.29 is 9.59 Å². The Morgan fingerprint density at radius 1 is 1.31 bits per heavy atom. The first-order valence-electron chi connectivity index (χ1n) is 5.70. The minimum atomic E-state index is -0.483. The van der Waals surface area contributed by atoms with Gasteiger partial charge >= 0.3 is 0 Å². The molecule has 4 N–H and O–H groups in total. The van der Waals surface area contributed by atoms with Gasteiger partial charge in [-0.2, -0.15) is 0 Å². The van der Waals surface area contributed by atoms with Gasteiger partial charge in [0.05, 0.1) is 6.54 Å². The van der Waals surface area contributed by atoms with E-state index in [1.807, 2.05) is 20.8 Å². The Hall–Kier alpha value is -1.10. The van der Waals surface area contributed by atoms with Crippen molar-refractivity contribution in [3.05, 3.63) is 0 Å². The lowest BCUT2D eigenvalue weighted by atomic mass is 10.0. The van der Waals surface area contributed by atoms with Crippen molar-refractivity contribution in [2.45, 2.75) is 39.7 Å². The average Bonchev–Trinajstić information content (AvgIpc) is 2.21. The van der Waals surface area contributed by atoms with Crippen molar-refractivity contribution in [2.24, 2.45) is 17.4 Å². The zero-order chi connectivity index (χ0) is 12.7. The highest BCUT2D eigenvalue weighted by Gasteiger charge is 2.21. The summed E-state index contributed by atoms with van der Waals surface area (Å²) in [5, 5.41) is 0. The number of nitrogens with zero attached hydrogens (tertiary/aromatic N) is 1. The smallest absolute Gasteiger partial charge is 0.237 e. The SMILES string of the molecule is CCC(CN)CC(=O)N(CC(N)=O)C(C)C. The molecule has 0 aliphatic carbocycles. The van der Waals surface area contributed by atoms with Crippen molar-refractivity contribution in [1.29, 1.82) is 0 Å². The molecule has 1 atom stereocenters. The molecule has 0 aliphatic heterocycles. The van der Waals surface area contributed by atoms with Crippen molar-refractivity contribution in [3.63, 3.8) is 0 Å². The predicted molar refractivity (Wildman–Crippen MR) is 63.5 cm³/mol. The van der Waals surface area contributed by atoms with Crippen molar-refractivity contribution in [2.75, 3.05) is 13.1 Å². The van der Waals surface area contributed by atoms with Crippen molar-refractivity contribution in [1.82, 2.24) is 4.90 Å². The maximum Gasteiger partial charge on any atom is 0.237 e. The first-order chi connectivity index (χ1) is 7.42. The summed E-state index contributed by atoms with van der Waals surface area (Å²) in [6.07, 6.45) is 1.25. The van der Waals surface area contributed by atoms with Gasteiger partial charge in [0.2, 0.25) is 11.8 Å². The Labute approximate surface area is 97.2 Å². The highest BCUT2D eigenvalue weighted by molar-refractivity contribution is 5.84. The number of carbonyl (C=O) groups excluding carboxylic acids is 2. The van der Waals surface area contributed by atoms with Crippen LogP contribution in [0, 0.1) is 5.92 Å². The summed E-state index contributed by atoms with van der Waals surface area (Å²) in [6.45, 7) is 6.20. The number of hydrogen-bond donors (Lipinski definition) is 2. The third-order valence-electron chi connectivity index (χ3n) is 2.64. The van der Waals surface area contributed by atoms with E-state index in [1.165, 1.54) is 4.90 Å². The molecule has 94 valence electrons. The average molecular weight is 229 g/mol. The molecular formula is C11H23N3O2. The molecule has 16 heavy (non-hydrogen) atoms. The second kappa shape index (κ2) is 7.22. The number of amides is 2. The Morgan fingerprint density at radius 2 is 1.88 bits per heavy atom. The first kappa shape index (κ1) is 14.9. The third kappa shape index (κ3) is 5.11. The molecule has 0 aliphatic rings. The molecule has 2 amide bonds. The molecule has 1 unspecified atom stereocenters. The molecule has 0 heterocycles. The lowest BCUT2D eigenvalue weighted by Gasteiger charge is -2.27. The Kier molecular flexibility index (Phi) is 6.72. The fourth-order valence-electron chi connectivity index (χ4n) is 1.49. The van der Waals surface area contributed by atoms with E-state index in [0.717, 1.165) is 6.42 Å². The van der Waals surface area contributed by atoms with Crippen LogP contribution >= 0.6 is 0 Å². The standard InChI is InChI=1S/C11H23N3O2/c1-4-9(6-12)5-11(16)14(8(2)3)7-10(13)15/h8-9H,4-7,12H2,1-3H3,(H2,13,15). The quantitative estimate of drug-likeness (QED) is 0.648. The van der Waals surface area contributed by atoms with Gasteiger partial charge in [-0.15, -0.1) is 0 Å². The zero-order valence-electron chi connectivity index (χ0n) is 10.4. The summed E-state index contributed by atoms with van der Waals surface area (Å²) < 4.78 is 0. The van der Waals surface area contributed by atoms with Crippen LogP contribution in [0.1, 0.15) is 33.6 Å². The van der Waals surface area contributed by atoms with E-state index in [2.05, 4.69) is 0 Å². The van der Waals surface area contributed by atoms with Gasteiger partial charge in [-0.25, -0.2) is 0 Å². The van der Waals surface area contributed by atoms with E-state index in [9.17, 15) is 9.59 Å². The van der Waals surface area contributed by atoms with E-state index in [0.29, 0.717) is 13.0 Å². The van der Waals surface area contributed by atoms with Crippen LogP contribution in [-0.2, 0) is 9.59 Å². The number of nitrogens with two attached hydrogens (primary N) is 2. The van der Waals surface area contributed by atoms with Crippen LogP contribution < -0.4 is 11.5 Å². The molecule has 0 aromatic rings. The van der Waals surface area contributed by atoms with Crippen LogP contribution in [-0.4, -0.2) is 35.8 Å². The summed E-state index contributed by atoms with van der Waals surface area (Å²) >= 11 is 0. The van der Waals surface area contributed by atoms with Crippen LogP contribution in [0.15, 0.2) is 0 Å². The molecular weight excluding hydrogens is 206 g/mol. The minimum Gasteiger partial charge on any atom is -0.368 e. The largest absolute Gasteiger partial charge is 0.368 e. The Balaban J connectivity index is 4.43. The molecule has 0 saturated heterocycles. The maximum atomic E-state index is 11.9. The van der Waals surface area contributed by atoms with Gasteiger partial charge in [-0.1, -0.05) is 13.3 Å². The van der Waals surface area contributed by atoms with Gasteiger partial charge in [0.25, 0.3) is 0 Å². The first-order valence-corrected chi connectivity index (χ1v) is 5.70. The van der Waals surface area contributed by atoms with Crippen molar-refractivity contribution >= 4 is 11.8 Å². The second-order valence-electron chi connectivity index (χ2n) is 4.30. The minimum absolute atomic E-state index is 0.0164. The molecule has 0 fully saturated rings. The van der Waals surface area contributed by atoms with Gasteiger partial charge in [-0.3, -0.25) is 9.59 Å². The topological polar surface area (TPSA) is 89.4 Å². The zero-order valence-corrected chi connectivity index (χ0v) is 10.4. The van der Waals surface area contributed by atoms with Gasteiger partial charge in [-0.05, 0) is 26.3 Å². The number of carbonyl (C=O) groups is 2. The van der Waals surface area contributed by atoms with E-state index < -0.39 is 5.91 Å². The van der Waals surface area contributed by atoms with Gasteiger partial charge in [0.15, 0.2) is 0 Å². The van der Waals surface area contributed by atoms with Gasteiger partial charge < -0.3 is 16.4 Å². The van der Waals surface area contributed by atoms with Gasteiger partial charge in [0.1, 0.15) is 0 Å². The van der Waals surface area contributed by atoms with E-state index in [1.54, 1.807) is 0 Å². The van der Waals surface area contributed by atoms with Crippen LogP contribution in [0.5, 0.6) is 0 Å². The van der Waals surface area contributed by atoms with Crippen LogP contribution in [0.3, 0.4) is 0 Å². The van der Waals surface area contributed by atoms with Crippen LogP contribution in [0.2, 0.25) is 0 Å². The van der Waals surface area contributed by atoms with E-state index >= 15 is 0 Å². The molecule has 5 heteroatoms. The lowest BCUT2D eigenvalue weighted by molar-refractivity contribution is -0.137. The third-order valence-corrected chi connectivity index (χ3v) is 2.64. The summed E-state index contributed by atoms with van der Waals surface area (Å²) in [5.41, 5.74) is 10.7. The number of primary amides is 1. The fourth-order valence-corrected chi connectivity index (χ4v) is 1.49. The van der Waals surface area contributed by atoms with Crippen LogP contribution in [0.25, 0.3) is 0 Å². The summed E-state index contributed by atoms with van der Waals surface area (Å²) in [5.74, 6) is -0.351. The van der Waals surface area contributed by atoms with Crippen LogP contribution in [0.4, 0.5) is 0 Å². The van der Waals surface area contributed by atoms with Gasteiger partial charge in [0, 0.05) is 12.5 Å². The van der Waals surface area contributed by atoms with E-state index in [-0.39, 0.29) is 24.4 Å². The lowest BCUT2D eigenvalue weighted by Crippen LogP contribution is -2.43. The summed E-state index contributed by atoms with van der Waals surface area (Å²) in [6, 6.07) is -0.0183. The fraction of sp³-hybridized carbons (Fsp3) is 0.818. The normalized spacial score (nSPS) is 12.6. The highest BCUT2D eigenvalue weighted by Crippen LogP contribution is 2.10. The number of rotatable bonds is 7. The Morgan fingerprint density at radius 3 is 2.19 bits per heavy atom. The van der Waals surface area contributed by atoms with E-state index in [4.69, 9.17) is 11.5 Å². The Bertz CT molecular complexity index is 237. The highest BCUT2D eigenvalue weighted by atomic mass is 16.2. The number of hydrogen-bond acceptors (Lipinski definition) is 3.